The first-order valence-electron chi connectivity index (χ1n) is 15.0. The summed E-state index contributed by atoms with van der Waals surface area (Å²) in [5.74, 6) is 0.837. The van der Waals surface area contributed by atoms with Gasteiger partial charge in [0.15, 0.2) is 11.0 Å². The zero-order chi connectivity index (χ0) is 32.9. The molecule has 15 heteroatoms. The van der Waals surface area contributed by atoms with Crippen LogP contribution in [-0.4, -0.2) is 166 Å². The number of benzene rings is 1. The van der Waals surface area contributed by atoms with Crippen LogP contribution in [0.4, 0.5) is 0 Å². The summed E-state index contributed by atoms with van der Waals surface area (Å²) < 4.78 is 4.30. The van der Waals surface area contributed by atoms with Gasteiger partial charge in [0.2, 0.25) is 0 Å². The maximum atomic E-state index is 13.6. The highest BCUT2D eigenvalue weighted by molar-refractivity contribution is 5.97. The summed E-state index contributed by atoms with van der Waals surface area (Å²) in [5.41, 5.74) is 2.42. The molecule has 0 spiro atoms. The van der Waals surface area contributed by atoms with Crippen molar-refractivity contribution in [3.63, 3.8) is 0 Å². The molecule has 250 valence electrons. The Balaban J connectivity index is 1.82. The lowest BCUT2D eigenvalue weighted by Gasteiger charge is -2.36. The zero-order valence-electron chi connectivity index (χ0n) is 25.5. The molecule has 2 aromatic rings. The Morgan fingerprint density at radius 1 is 0.886 bits per heavy atom. The second kappa shape index (κ2) is 15.8. The van der Waals surface area contributed by atoms with Crippen LogP contribution >= 0.6 is 0 Å². The number of aryl methyl sites for hydroxylation is 2. The second-order valence-corrected chi connectivity index (χ2v) is 11.5. The van der Waals surface area contributed by atoms with Crippen molar-refractivity contribution in [2.75, 3.05) is 39.4 Å². The monoisotopic (exact) mass is 629 g/mol. The average molecular weight is 630 g/mol. The standard InChI is InChI=1S/C29H49N4O11/c1-4-32-16(3)33(5-2)20-10-17(6-7-19(20)32)29(44)30-9-8-18(11-30)31(12-21(36)25(40)27(42)23(38)14-34)13-22(37)26(41)28(43)24(39)15-35/h6-7,10,18,21-28,34-43H,4-5,8-9,11-15H2,1-3H3/q+1/t18-,21+,22+,23-,24-,25-,26-,27-,28-/m1/s1. The van der Waals surface area contributed by atoms with Crippen molar-refractivity contribution in [2.24, 2.45) is 0 Å². The number of amides is 1. The van der Waals surface area contributed by atoms with E-state index in [2.05, 4.69) is 16.1 Å². The van der Waals surface area contributed by atoms with E-state index in [4.69, 9.17) is 10.2 Å². The molecule has 1 aromatic carbocycles. The van der Waals surface area contributed by atoms with Gasteiger partial charge in [0.25, 0.3) is 11.7 Å². The van der Waals surface area contributed by atoms with Crippen molar-refractivity contribution in [1.29, 1.82) is 0 Å². The van der Waals surface area contributed by atoms with Crippen molar-refractivity contribution in [1.82, 2.24) is 14.4 Å². The molecule has 1 aromatic heterocycles. The summed E-state index contributed by atoms with van der Waals surface area (Å²) >= 11 is 0. The Bertz CT molecular complexity index is 1200. The van der Waals surface area contributed by atoms with Crippen LogP contribution in [0.15, 0.2) is 18.2 Å². The lowest BCUT2D eigenvalue weighted by molar-refractivity contribution is -0.674. The average Bonchev–Trinajstić information content (AvgIpc) is 3.63. The third-order valence-electron chi connectivity index (χ3n) is 8.68. The number of fused-ring (bicyclic) bond motifs is 1. The van der Waals surface area contributed by atoms with Gasteiger partial charge in [0.05, 0.1) is 38.5 Å². The van der Waals surface area contributed by atoms with Crippen molar-refractivity contribution < 1.29 is 60.4 Å². The quantitative estimate of drug-likeness (QED) is 0.0794. The minimum Gasteiger partial charge on any atom is -0.394 e. The van der Waals surface area contributed by atoms with Gasteiger partial charge in [-0.05, 0) is 32.4 Å². The molecule has 1 saturated heterocycles. The molecule has 0 saturated carbocycles. The molecule has 15 nitrogen and oxygen atoms in total. The fourth-order valence-corrected chi connectivity index (χ4v) is 6.00. The van der Waals surface area contributed by atoms with E-state index in [-0.39, 0.29) is 12.5 Å². The molecule has 44 heavy (non-hydrogen) atoms. The van der Waals surface area contributed by atoms with Crippen LogP contribution in [0, 0.1) is 6.92 Å². The Morgan fingerprint density at radius 3 is 1.89 bits per heavy atom. The number of aliphatic hydroxyl groups is 10. The first-order chi connectivity index (χ1) is 20.8. The van der Waals surface area contributed by atoms with E-state index in [1.807, 2.05) is 26.0 Å². The minimum absolute atomic E-state index is 0.148. The van der Waals surface area contributed by atoms with Crippen LogP contribution in [0.5, 0.6) is 0 Å². The molecule has 0 unspecified atom stereocenters. The summed E-state index contributed by atoms with van der Waals surface area (Å²) in [6, 6.07) is 5.03. The Labute approximate surface area is 256 Å². The number of hydrogen-bond acceptors (Lipinski definition) is 12. The van der Waals surface area contributed by atoms with Gasteiger partial charge in [-0.3, -0.25) is 9.69 Å². The van der Waals surface area contributed by atoms with Gasteiger partial charge in [-0.25, -0.2) is 9.13 Å². The molecule has 3 rings (SSSR count). The Morgan fingerprint density at radius 2 is 1.41 bits per heavy atom. The number of aliphatic hydroxyl groups excluding tert-OH is 10. The second-order valence-electron chi connectivity index (χ2n) is 11.5. The first-order valence-corrected chi connectivity index (χ1v) is 15.0. The van der Waals surface area contributed by atoms with Gasteiger partial charge in [-0.1, -0.05) is 0 Å². The smallest absolute Gasteiger partial charge is 0.254 e. The summed E-state index contributed by atoms with van der Waals surface area (Å²) in [4.78, 5) is 16.7. The number of rotatable bonds is 16. The van der Waals surface area contributed by atoms with E-state index >= 15 is 0 Å². The van der Waals surface area contributed by atoms with Crippen LogP contribution in [0.3, 0.4) is 0 Å². The van der Waals surface area contributed by atoms with E-state index in [9.17, 15) is 45.6 Å². The largest absolute Gasteiger partial charge is 0.394 e. The fraction of sp³-hybridized carbons (Fsp3) is 0.724. The van der Waals surface area contributed by atoms with Gasteiger partial charge in [-0.15, -0.1) is 0 Å². The van der Waals surface area contributed by atoms with Crippen LogP contribution in [0.2, 0.25) is 0 Å². The number of nitrogens with zero attached hydrogens (tertiary/aromatic N) is 4. The number of carbonyl (C=O) groups is 1. The topological polar surface area (TPSA) is 235 Å². The highest BCUT2D eigenvalue weighted by atomic mass is 16.4. The molecule has 2 heterocycles. The van der Waals surface area contributed by atoms with E-state index in [1.165, 1.54) is 4.90 Å². The fourth-order valence-electron chi connectivity index (χ4n) is 6.00. The predicted molar refractivity (Wildman–Crippen MR) is 156 cm³/mol. The van der Waals surface area contributed by atoms with Gasteiger partial charge in [0, 0.05) is 50.8 Å². The molecule has 1 amide bonds. The van der Waals surface area contributed by atoms with Crippen LogP contribution in [0.1, 0.15) is 36.5 Å². The maximum Gasteiger partial charge on any atom is 0.254 e. The predicted octanol–water partition coefficient (Wildman–Crippen LogP) is -4.33. The molecule has 1 aliphatic heterocycles. The van der Waals surface area contributed by atoms with E-state index in [1.54, 1.807) is 11.0 Å². The van der Waals surface area contributed by atoms with Crippen LogP contribution in [-0.2, 0) is 13.1 Å². The Kier molecular flexibility index (Phi) is 13.0. The van der Waals surface area contributed by atoms with Crippen molar-refractivity contribution in [3.8, 4) is 0 Å². The summed E-state index contributed by atoms with van der Waals surface area (Å²) in [7, 11) is 0. The maximum absolute atomic E-state index is 13.6. The minimum atomic E-state index is -1.89. The number of carbonyl (C=O) groups excluding carboxylic acids is 1. The molecule has 0 radical (unpaired) electrons. The number of imidazole rings is 1. The lowest BCUT2D eigenvalue weighted by Crippen LogP contribution is -2.55. The van der Waals surface area contributed by atoms with E-state index < -0.39 is 81.2 Å². The molecule has 0 aliphatic carbocycles. The number of likely N-dealkylation sites (tertiary alicyclic amines) is 1. The molecule has 10 N–H and O–H groups in total. The third kappa shape index (κ3) is 7.74. The van der Waals surface area contributed by atoms with E-state index in [0.29, 0.717) is 18.5 Å². The van der Waals surface area contributed by atoms with Gasteiger partial charge in [0.1, 0.15) is 36.6 Å². The molecule has 0 bridgehead atoms. The Hall–Kier alpha value is -2.28. The van der Waals surface area contributed by atoms with Crippen LogP contribution in [0.25, 0.3) is 11.0 Å². The van der Waals surface area contributed by atoms with Gasteiger partial charge < -0.3 is 56.0 Å². The highest BCUT2D eigenvalue weighted by Gasteiger charge is 2.39. The molecular formula is C29H49N4O11+. The normalized spacial score (nSPS) is 21.3. The summed E-state index contributed by atoms with van der Waals surface area (Å²) in [6.45, 7) is 5.57. The number of hydrogen-bond donors (Lipinski definition) is 10. The molecule has 1 fully saturated rings. The van der Waals surface area contributed by atoms with Crippen molar-refractivity contribution in [2.45, 2.75) is 95.2 Å². The van der Waals surface area contributed by atoms with Crippen LogP contribution < -0.4 is 4.57 Å². The number of aromatic nitrogens is 2. The first kappa shape index (κ1) is 36.2. The molecular weight excluding hydrogens is 580 g/mol. The van der Waals surface area contributed by atoms with Gasteiger partial charge >= 0.3 is 0 Å². The van der Waals surface area contributed by atoms with Crippen molar-refractivity contribution >= 4 is 16.9 Å². The SMILES string of the molecule is CCn1c(C)[n+](CC)c2ccc(C(=O)N3CC[C@@H](N(C[C@H](O)[C@@H](O)[C@H](O)[C@H](O)CO)C[C@H](O)[C@@H](O)[C@H](O)[C@H](O)CO)C3)cc21. The highest BCUT2D eigenvalue weighted by Crippen LogP contribution is 2.23. The van der Waals surface area contributed by atoms with Gasteiger partial charge in [-0.2, -0.15) is 0 Å². The lowest BCUT2D eigenvalue weighted by atomic mass is 10.00. The summed E-state index contributed by atoms with van der Waals surface area (Å²) in [6.07, 6.45) is -14.0. The third-order valence-corrected chi connectivity index (χ3v) is 8.68. The molecule has 1 aliphatic rings. The summed E-state index contributed by atoms with van der Waals surface area (Å²) in [5, 5.41) is 100.0. The van der Waals surface area contributed by atoms with Crippen molar-refractivity contribution in [3.05, 3.63) is 29.6 Å². The molecule has 9 atom stereocenters. The zero-order valence-corrected chi connectivity index (χ0v) is 25.5. The van der Waals surface area contributed by atoms with E-state index in [0.717, 1.165) is 29.9 Å².